The fourth-order valence-electron chi connectivity index (χ4n) is 3.69. The Bertz CT molecular complexity index is 999. The molecule has 0 aliphatic carbocycles. The van der Waals surface area contributed by atoms with E-state index in [0.29, 0.717) is 17.4 Å². The lowest BCUT2D eigenvalue weighted by Crippen LogP contribution is -2.47. The summed E-state index contributed by atoms with van der Waals surface area (Å²) in [7, 11) is -1.88. The lowest BCUT2D eigenvalue weighted by molar-refractivity contribution is 0.171. The smallest absolute Gasteiger partial charge is 0.319 e. The van der Waals surface area contributed by atoms with Crippen LogP contribution in [0.25, 0.3) is 0 Å². The van der Waals surface area contributed by atoms with Gasteiger partial charge >= 0.3 is 6.03 Å². The van der Waals surface area contributed by atoms with Crippen molar-refractivity contribution >= 4 is 44.7 Å². The summed E-state index contributed by atoms with van der Waals surface area (Å²) in [5.74, 6) is 0. The third-order valence-corrected chi connectivity index (χ3v) is 8.91. The first-order valence-electron chi connectivity index (χ1n) is 10.1. The number of thiophene rings is 1. The molecule has 0 atom stereocenters. The molecule has 1 saturated heterocycles. The molecule has 8 nitrogen and oxygen atoms in total. The summed E-state index contributed by atoms with van der Waals surface area (Å²) in [6.07, 6.45) is 1.49. The van der Waals surface area contributed by atoms with Crippen molar-refractivity contribution in [1.29, 1.82) is 0 Å². The molecule has 0 saturated carbocycles. The third kappa shape index (κ3) is 6.39. The topological polar surface area (TPSA) is 94.6 Å². The summed E-state index contributed by atoms with van der Waals surface area (Å²) < 4.78 is 27.8. The molecule has 2 amide bonds. The highest BCUT2D eigenvalue weighted by atomic mass is 35.5. The van der Waals surface area contributed by atoms with E-state index in [0.717, 1.165) is 54.3 Å². The summed E-state index contributed by atoms with van der Waals surface area (Å²) in [4.78, 5) is 18.6. The van der Waals surface area contributed by atoms with Gasteiger partial charge in [-0.05, 0) is 64.0 Å². The molecule has 2 aromatic heterocycles. The number of likely N-dealkylation sites (tertiary alicyclic amines) is 1. The van der Waals surface area contributed by atoms with Crippen molar-refractivity contribution in [2.24, 2.45) is 0 Å². The number of halogens is 1. The lowest BCUT2D eigenvalue weighted by Gasteiger charge is -2.35. The largest absolute Gasteiger partial charge is 0.337 e. The van der Waals surface area contributed by atoms with Crippen LogP contribution in [0.2, 0.25) is 4.34 Å². The van der Waals surface area contributed by atoms with E-state index in [1.165, 1.54) is 4.31 Å². The molecule has 11 heteroatoms. The van der Waals surface area contributed by atoms with Crippen LogP contribution in [0, 0.1) is 13.8 Å². The van der Waals surface area contributed by atoms with E-state index in [1.54, 1.807) is 19.2 Å². The molecule has 2 N–H and O–H groups in total. The number of rotatable bonds is 7. The van der Waals surface area contributed by atoms with E-state index in [2.05, 4.69) is 20.5 Å². The predicted molar refractivity (Wildman–Crippen MR) is 124 cm³/mol. The zero-order valence-corrected chi connectivity index (χ0v) is 20.3. The summed E-state index contributed by atoms with van der Waals surface area (Å²) in [5.41, 5.74) is 2.43. The predicted octanol–water partition coefficient (Wildman–Crippen LogP) is 3.32. The number of hydrogen-bond donors (Lipinski definition) is 2. The lowest BCUT2D eigenvalue weighted by atomic mass is 10.1. The summed E-state index contributed by atoms with van der Waals surface area (Å²) in [6, 6.07) is 6.52. The number of nitrogens with one attached hydrogen (secondary N) is 2. The average molecular weight is 486 g/mol. The van der Waals surface area contributed by atoms with E-state index in [1.807, 2.05) is 26.0 Å². The molecule has 0 spiro atoms. The number of carbonyl (C=O) groups excluding carboxylic acids is 1. The zero-order valence-electron chi connectivity index (χ0n) is 17.9. The first kappa shape index (κ1) is 23.9. The Labute approximate surface area is 192 Å². The Morgan fingerprint density at radius 3 is 2.48 bits per heavy atom. The quantitative estimate of drug-likeness (QED) is 0.627. The van der Waals surface area contributed by atoms with Crippen LogP contribution in [-0.4, -0.2) is 67.9 Å². The van der Waals surface area contributed by atoms with Gasteiger partial charge in [-0.15, -0.1) is 11.3 Å². The number of carbonyl (C=O) groups is 1. The number of hydrogen-bond acceptors (Lipinski definition) is 6. The van der Waals surface area contributed by atoms with Crippen molar-refractivity contribution in [2.75, 3.05) is 38.5 Å². The van der Waals surface area contributed by atoms with Crippen LogP contribution in [0.4, 0.5) is 10.5 Å². The Hall–Kier alpha value is -1.72. The average Bonchev–Trinajstić information content (AvgIpc) is 3.14. The molecule has 0 radical (unpaired) electrons. The van der Waals surface area contributed by atoms with Gasteiger partial charge < -0.3 is 15.5 Å². The third-order valence-electron chi connectivity index (χ3n) is 5.31. The molecule has 0 unspecified atom stereocenters. The molecule has 1 aliphatic heterocycles. The van der Waals surface area contributed by atoms with Crippen molar-refractivity contribution in [1.82, 2.24) is 19.5 Å². The first-order valence-corrected chi connectivity index (χ1v) is 12.7. The van der Waals surface area contributed by atoms with Crippen molar-refractivity contribution in [3.05, 3.63) is 40.0 Å². The second-order valence-corrected chi connectivity index (χ2v) is 11.6. The fraction of sp³-hybridized carbons (Fsp3) is 0.500. The Morgan fingerprint density at radius 1 is 1.26 bits per heavy atom. The van der Waals surface area contributed by atoms with Gasteiger partial charge in [-0.3, -0.25) is 4.98 Å². The van der Waals surface area contributed by atoms with Gasteiger partial charge in [-0.2, -0.15) is 4.31 Å². The Balaban J connectivity index is 1.41. The van der Waals surface area contributed by atoms with E-state index in [-0.39, 0.29) is 16.3 Å². The number of pyridine rings is 1. The van der Waals surface area contributed by atoms with Gasteiger partial charge in [-0.1, -0.05) is 11.6 Å². The molecule has 2 aromatic rings. The van der Waals surface area contributed by atoms with Gasteiger partial charge in [0.05, 0.1) is 4.34 Å². The van der Waals surface area contributed by atoms with Gasteiger partial charge in [0.1, 0.15) is 4.21 Å². The number of nitrogens with zero attached hydrogens (tertiary/aromatic N) is 3. The molecule has 1 fully saturated rings. The molecule has 170 valence electrons. The van der Waals surface area contributed by atoms with Gasteiger partial charge in [-0.25, -0.2) is 13.2 Å². The van der Waals surface area contributed by atoms with E-state index < -0.39 is 10.0 Å². The molecule has 3 heterocycles. The van der Waals surface area contributed by atoms with Gasteiger partial charge in [0.2, 0.25) is 0 Å². The minimum atomic E-state index is -3.52. The maximum Gasteiger partial charge on any atom is 0.319 e. The minimum absolute atomic E-state index is 0.0449. The second-order valence-electron chi connectivity index (χ2n) is 7.67. The maximum absolute atomic E-state index is 12.8. The standard InChI is InChI=1S/C20H28ClN5O3S2/c1-14-12-16(13-15(2)23-14)24-20(27)22-8-11-26-9-6-17(7-10-26)25(3)31(28,29)19-5-4-18(21)30-19/h4-5,12-13,17H,6-11H2,1-3H3,(H2,22,23,24,27). The number of amides is 2. The molecular formula is C20H28ClN5O3S2. The number of sulfonamides is 1. The fourth-order valence-corrected chi connectivity index (χ4v) is 6.77. The zero-order chi connectivity index (χ0) is 22.6. The van der Waals surface area contributed by atoms with Crippen LogP contribution >= 0.6 is 22.9 Å². The van der Waals surface area contributed by atoms with Crippen LogP contribution in [0.5, 0.6) is 0 Å². The Morgan fingerprint density at radius 2 is 1.90 bits per heavy atom. The van der Waals surface area contributed by atoms with Crippen LogP contribution in [-0.2, 0) is 10.0 Å². The van der Waals surface area contributed by atoms with Crippen molar-refractivity contribution in [3.63, 3.8) is 0 Å². The molecule has 3 rings (SSSR count). The molecule has 1 aliphatic rings. The second kappa shape index (κ2) is 10.3. The minimum Gasteiger partial charge on any atom is -0.337 e. The normalized spacial score (nSPS) is 15.9. The molecule has 31 heavy (non-hydrogen) atoms. The van der Waals surface area contributed by atoms with Crippen LogP contribution in [0.1, 0.15) is 24.2 Å². The number of aryl methyl sites for hydroxylation is 2. The van der Waals surface area contributed by atoms with Crippen molar-refractivity contribution in [3.8, 4) is 0 Å². The SMILES string of the molecule is Cc1cc(NC(=O)NCCN2CCC(N(C)S(=O)(=O)c3ccc(Cl)s3)CC2)cc(C)n1. The summed E-state index contributed by atoms with van der Waals surface area (Å²) in [5, 5.41) is 5.70. The van der Waals surface area contributed by atoms with Gasteiger partial charge in [0.25, 0.3) is 10.0 Å². The van der Waals surface area contributed by atoms with Gasteiger partial charge in [0, 0.05) is 43.3 Å². The Kier molecular flexibility index (Phi) is 7.92. The van der Waals surface area contributed by atoms with E-state index >= 15 is 0 Å². The molecule has 0 bridgehead atoms. The van der Waals surface area contributed by atoms with Crippen molar-refractivity contribution in [2.45, 2.75) is 36.9 Å². The highest BCUT2D eigenvalue weighted by molar-refractivity contribution is 7.91. The van der Waals surface area contributed by atoms with Crippen LogP contribution < -0.4 is 10.6 Å². The number of piperidine rings is 1. The molecular weight excluding hydrogens is 458 g/mol. The summed E-state index contributed by atoms with van der Waals surface area (Å²) in [6.45, 7) is 6.56. The monoisotopic (exact) mass is 485 g/mol. The van der Waals surface area contributed by atoms with Crippen molar-refractivity contribution < 1.29 is 13.2 Å². The van der Waals surface area contributed by atoms with E-state index in [4.69, 9.17) is 11.6 Å². The van der Waals surface area contributed by atoms with Crippen LogP contribution in [0.15, 0.2) is 28.5 Å². The first-order chi connectivity index (χ1) is 14.6. The number of anilines is 1. The molecule has 0 aromatic carbocycles. The van der Waals surface area contributed by atoms with E-state index in [9.17, 15) is 13.2 Å². The van der Waals surface area contributed by atoms with Gasteiger partial charge in [0.15, 0.2) is 0 Å². The van der Waals surface area contributed by atoms with Crippen LogP contribution in [0.3, 0.4) is 0 Å². The summed E-state index contributed by atoms with van der Waals surface area (Å²) >= 11 is 6.98. The highest BCUT2D eigenvalue weighted by Crippen LogP contribution is 2.30. The maximum atomic E-state index is 12.8. The number of aromatic nitrogens is 1. The number of urea groups is 1. The highest BCUT2D eigenvalue weighted by Gasteiger charge is 2.31.